The summed E-state index contributed by atoms with van der Waals surface area (Å²) in [7, 11) is -2.65. The largest absolute Gasteiger partial charge is 0.502 e. The Hall–Kier alpha value is 0.0169. The van der Waals surface area contributed by atoms with Crippen LogP contribution in [0.15, 0.2) is 0 Å². The van der Waals surface area contributed by atoms with E-state index in [4.69, 9.17) is 24.7 Å². The Kier molecular flexibility index (Phi) is 8.19. The molecular formula is C11H28N2O3Si. The molecule has 1 atom stereocenters. The highest BCUT2D eigenvalue weighted by Gasteiger charge is 2.44. The van der Waals surface area contributed by atoms with Crippen molar-refractivity contribution < 1.29 is 13.3 Å². The lowest BCUT2D eigenvalue weighted by atomic mass is 10.2. The maximum absolute atomic E-state index is 6.08. The van der Waals surface area contributed by atoms with Crippen molar-refractivity contribution in [1.82, 2.24) is 0 Å². The van der Waals surface area contributed by atoms with Crippen molar-refractivity contribution >= 4 is 8.80 Å². The van der Waals surface area contributed by atoms with Gasteiger partial charge in [0, 0.05) is 25.7 Å². The van der Waals surface area contributed by atoms with Gasteiger partial charge >= 0.3 is 8.80 Å². The van der Waals surface area contributed by atoms with E-state index in [1.54, 1.807) is 0 Å². The van der Waals surface area contributed by atoms with Gasteiger partial charge in [0.1, 0.15) is 5.72 Å². The Bertz CT molecular complexity index is 186. The van der Waals surface area contributed by atoms with Crippen LogP contribution in [0.3, 0.4) is 0 Å². The van der Waals surface area contributed by atoms with Crippen LogP contribution in [-0.2, 0) is 13.3 Å². The molecule has 4 N–H and O–H groups in total. The van der Waals surface area contributed by atoms with E-state index in [9.17, 15) is 0 Å². The topological polar surface area (TPSA) is 79.7 Å². The van der Waals surface area contributed by atoms with Gasteiger partial charge in [0.15, 0.2) is 0 Å². The van der Waals surface area contributed by atoms with Gasteiger partial charge in [-0.05, 0) is 27.3 Å². The molecule has 0 heterocycles. The molecule has 0 amide bonds. The van der Waals surface area contributed by atoms with Gasteiger partial charge < -0.3 is 24.7 Å². The summed E-state index contributed by atoms with van der Waals surface area (Å²) in [6, 6.07) is 0.784. The molecule has 0 aromatic rings. The van der Waals surface area contributed by atoms with Crippen LogP contribution in [-0.4, -0.2) is 34.3 Å². The summed E-state index contributed by atoms with van der Waals surface area (Å²) >= 11 is 0. The monoisotopic (exact) mass is 264 g/mol. The second-order valence-corrected chi connectivity index (χ2v) is 6.90. The van der Waals surface area contributed by atoms with Gasteiger partial charge in [0.05, 0.1) is 0 Å². The van der Waals surface area contributed by atoms with E-state index in [-0.39, 0.29) is 0 Å². The minimum atomic E-state index is -2.65. The fourth-order valence-electron chi connectivity index (χ4n) is 1.73. The van der Waals surface area contributed by atoms with Crippen molar-refractivity contribution in [3.8, 4) is 0 Å². The molecule has 17 heavy (non-hydrogen) atoms. The fraction of sp³-hybridized carbons (Fsp3) is 1.00. The van der Waals surface area contributed by atoms with Crippen LogP contribution in [0.2, 0.25) is 6.04 Å². The minimum Gasteiger partial charge on any atom is -0.374 e. The Balaban J connectivity index is 4.74. The van der Waals surface area contributed by atoms with Crippen molar-refractivity contribution in [3.05, 3.63) is 0 Å². The SMILES string of the molecule is CCC[Si](OCC)(OCC)OC(C)(N)CCN. The lowest BCUT2D eigenvalue weighted by Gasteiger charge is -2.36. The molecule has 0 spiro atoms. The quantitative estimate of drug-likeness (QED) is 0.461. The molecule has 0 aromatic carbocycles. The van der Waals surface area contributed by atoms with Crippen LogP contribution < -0.4 is 11.5 Å². The summed E-state index contributed by atoms with van der Waals surface area (Å²) in [5.74, 6) is 0. The molecule has 0 aliphatic heterocycles. The molecular weight excluding hydrogens is 236 g/mol. The van der Waals surface area contributed by atoms with Crippen molar-refractivity contribution in [2.75, 3.05) is 19.8 Å². The Morgan fingerprint density at radius 1 is 1.12 bits per heavy atom. The fourth-order valence-corrected chi connectivity index (χ4v) is 4.63. The average molecular weight is 264 g/mol. The first-order valence-corrected chi connectivity index (χ1v) is 8.35. The van der Waals surface area contributed by atoms with Crippen molar-refractivity contribution in [2.45, 2.75) is 52.3 Å². The van der Waals surface area contributed by atoms with Gasteiger partial charge in [0.2, 0.25) is 0 Å². The van der Waals surface area contributed by atoms with Crippen molar-refractivity contribution in [1.29, 1.82) is 0 Å². The summed E-state index contributed by atoms with van der Waals surface area (Å²) in [6.07, 6.45) is 1.54. The van der Waals surface area contributed by atoms with E-state index in [1.165, 1.54) is 0 Å². The second-order valence-electron chi connectivity index (χ2n) is 4.25. The zero-order valence-electron chi connectivity index (χ0n) is 11.6. The molecule has 0 bridgehead atoms. The van der Waals surface area contributed by atoms with Crippen LogP contribution in [0.1, 0.15) is 40.5 Å². The molecule has 0 radical (unpaired) electrons. The first-order chi connectivity index (χ1) is 7.95. The lowest BCUT2D eigenvalue weighted by molar-refractivity contribution is -0.0200. The predicted molar refractivity (Wildman–Crippen MR) is 71.5 cm³/mol. The third-order valence-electron chi connectivity index (χ3n) is 2.31. The van der Waals surface area contributed by atoms with Crippen LogP contribution >= 0.6 is 0 Å². The van der Waals surface area contributed by atoms with Gasteiger partial charge in [-0.15, -0.1) is 0 Å². The van der Waals surface area contributed by atoms with Crippen LogP contribution in [0.25, 0.3) is 0 Å². The van der Waals surface area contributed by atoms with E-state index in [0.29, 0.717) is 26.2 Å². The van der Waals surface area contributed by atoms with Crippen LogP contribution in [0.5, 0.6) is 0 Å². The van der Waals surface area contributed by atoms with E-state index >= 15 is 0 Å². The van der Waals surface area contributed by atoms with E-state index in [0.717, 1.165) is 12.5 Å². The molecule has 0 aromatic heterocycles. The molecule has 5 nitrogen and oxygen atoms in total. The molecule has 0 rings (SSSR count). The first-order valence-electron chi connectivity index (χ1n) is 6.42. The maximum atomic E-state index is 6.08. The highest BCUT2D eigenvalue weighted by molar-refractivity contribution is 6.60. The first kappa shape index (κ1) is 17.0. The van der Waals surface area contributed by atoms with Gasteiger partial charge in [-0.3, -0.25) is 0 Å². The van der Waals surface area contributed by atoms with E-state index < -0.39 is 14.5 Å². The Labute approximate surface area is 106 Å². The normalized spacial score (nSPS) is 15.9. The maximum Gasteiger partial charge on any atom is 0.502 e. The second kappa shape index (κ2) is 8.18. The molecule has 0 fully saturated rings. The molecule has 0 aliphatic carbocycles. The number of hydrogen-bond donors (Lipinski definition) is 2. The standard InChI is InChI=1S/C11H28N2O3Si/c1-5-10-17(14-6-2,15-7-3)16-11(4,13)8-9-12/h5-10,12-13H2,1-4H3. The van der Waals surface area contributed by atoms with E-state index in [1.807, 2.05) is 20.8 Å². The predicted octanol–water partition coefficient (Wildman–Crippen LogP) is 1.45. The average Bonchev–Trinajstić information content (AvgIpc) is 2.17. The van der Waals surface area contributed by atoms with Crippen LogP contribution in [0, 0.1) is 0 Å². The number of hydrogen-bond acceptors (Lipinski definition) is 5. The highest BCUT2D eigenvalue weighted by atomic mass is 28.4. The lowest BCUT2D eigenvalue weighted by Crippen LogP contribution is -2.56. The number of rotatable bonds is 10. The van der Waals surface area contributed by atoms with Gasteiger partial charge in [-0.25, -0.2) is 0 Å². The summed E-state index contributed by atoms with van der Waals surface area (Å²) in [4.78, 5) is 0. The van der Waals surface area contributed by atoms with Gasteiger partial charge in [-0.1, -0.05) is 13.3 Å². The third kappa shape index (κ3) is 6.49. The molecule has 104 valence electrons. The minimum absolute atomic E-state index is 0.488. The van der Waals surface area contributed by atoms with Gasteiger partial charge in [-0.2, -0.15) is 0 Å². The summed E-state index contributed by atoms with van der Waals surface area (Å²) in [6.45, 7) is 9.43. The van der Waals surface area contributed by atoms with Crippen LogP contribution in [0.4, 0.5) is 0 Å². The summed E-state index contributed by atoms with van der Waals surface area (Å²) in [5, 5.41) is 0. The Morgan fingerprint density at radius 3 is 2.00 bits per heavy atom. The molecule has 6 heteroatoms. The highest BCUT2D eigenvalue weighted by Crippen LogP contribution is 2.23. The summed E-state index contributed by atoms with van der Waals surface area (Å²) in [5.41, 5.74) is 10.8. The zero-order chi connectivity index (χ0) is 13.4. The smallest absolute Gasteiger partial charge is 0.374 e. The van der Waals surface area contributed by atoms with Crippen molar-refractivity contribution in [3.63, 3.8) is 0 Å². The Morgan fingerprint density at radius 2 is 1.65 bits per heavy atom. The molecule has 0 aliphatic rings. The zero-order valence-corrected chi connectivity index (χ0v) is 12.6. The third-order valence-corrected chi connectivity index (χ3v) is 5.66. The molecule has 0 saturated heterocycles. The molecule has 1 unspecified atom stereocenters. The van der Waals surface area contributed by atoms with Gasteiger partial charge in [0.25, 0.3) is 0 Å². The van der Waals surface area contributed by atoms with Crippen molar-refractivity contribution in [2.24, 2.45) is 11.5 Å². The van der Waals surface area contributed by atoms with E-state index in [2.05, 4.69) is 6.92 Å². The number of nitrogens with two attached hydrogens (primary N) is 2. The summed E-state index contributed by atoms with van der Waals surface area (Å²) < 4.78 is 17.5. The molecule has 0 saturated carbocycles.